The van der Waals surface area contributed by atoms with E-state index in [1.165, 1.54) is 51.5 Å². The number of para-hydroxylation sites is 1. The second-order valence-electron chi connectivity index (χ2n) is 5.94. The third-order valence-electron chi connectivity index (χ3n) is 3.82. The van der Waals surface area contributed by atoms with Crippen LogP contribution in [0.5, 0.6) is 5.75 Å². The molecule has 0 aromatic heterocycles. The molecule has 10 nitrogen and oxygen atoms in total. The van der Waals surface area contributed by atoms with Gasteiger partial charge in [0.05, 0.1) is 23.4 Å². The zero-order valence-electron chi connectivity index (χ0n) is 15.8. The van der Waals surface area contributed by atoms with E-state index in [9.17, 15) is 27.7 Å². The summed E-state index contributed by atoms with van der Waals surface area (Å²) >= 11 is 0. The summed E-state index contributed by atoms with van der Waals surface area (Å²) in [6.07, 6.45) is 0. The third-order valence-corrected chi connectivity index (χ3v) is 5.62. The largest absolute Gasteiger partial charge is 0.495 e. The molecule has 1 N–H and O–H groups in total. The first kappa shape index (κ1) is 22.0. The number of nitro groups is 1. The van der Waals surface area contributed by atoms with Gasteiger partial charge in [-0.2, -0.15) is 12.7 Å². The van der Waals surface area contributed by atoms with Gasteiger partial charge in [-0.3, -0.25) is 14.9 Å². The highest BCUT2D eigenvalue weighted by Gasteiger charge is 2.29. The van der Waals surface area contributed by atoms with Crippen LogP contribution in [0, 0.1) is 15.9 Å². The van der Waals surface area contributed by atoms with Crippen molar-refractivity contribution in [3.63, 3.8) is 0 Å². The number of nitrogens with one attached hydrogen (secondary N) is 1. The number of ether oxygens (including phenoxy) is 1. The molecule has 2 aromatic carbocycles. The van der Waals surface area contributed by atoms with Crippen LogP contribution in [0.3, 0.4) is 0 Å². The summed E-state index contributed by atoms with van der Waals surface area (Å²) in [5.41, 5.74) is -0.641. The molecule has 0 aliphatic heterocycles. The van der Waals surface area contributed by atoms with Gasteiger partial charge in [0.1, 0.15) is 18.1 Å². The number of nitro benzene ring substituents is 1. The van der Waals surface area contributed by atoms with Crippen molar-refractivity contribution in [2.24, 2.45) is 0 Å². The van der Waals surface area contributed by atoms with Crippen LogP contribution in [0.1, 0.15) is 0 Å². The number of hydrogen-bond donors (Lipinski definition) is 1. The maximum absolute atomic E-state index is 14.2. The minimum absolute atomic E-state index is 0.0255. The van der Waals surface area contributed by atoms with E-state index in [-0.39, 0.29) is 22.8 Å². The van der Waals surface area contributed by atoms with Crippen LogP contribution in [0.15, 0.2) is 42.5 Å². The number of benzene rings is 2. The normalized spacial score (nSPS) is 11.2. The van der Waals surface area contributed by atoms with Crippen molar-refractivity contribution in [3.05, 3.63) is 58.4 Å². The summed E-state index contributed by atoms with van der Waals surface area (Å²) in [5, 5.41) is 13.3. The van der Waals surface area contributed by atoms with E-state index < -0.39 is 33.4 Å². The van der Waals surface area contributed by atoms with Crippen molar-refractivity contribution in [3.8, 4) is 5.75 Å². The highest BCUT2D eigenvalue weighted by molar-refractivity contribution is 7.90. The molecule has 0 atom stereocenters. The molecule has 1 amide bonds. The first-order chi connectivity index (χ1) is 13.6. The van der Waals surface area contributed by atoms with E-state index in [0.29, 0.717) is 4.31 Å². The molecule has 0 radical (unpaired) electrons. The van der Waals surface area contributed by atoms with Crippen LogP contribution in [0.4, 0.5) is 21.5 Å². The third kappa shape index (κ3) is 4.97. The second-order valence-corrected chi connectivity index (χ2v) is 8.00. The molecule has 12 heteroatoms. The van der Waals surface area contributed by atoms with Crippen molar-refractivity contribution >= 4 is 33.2 Å². The molecule has 0 saturated carbocycles. The molecular formula is C17H19FN4O6S. The average molecular weight is 426 g/mol. The standard InChI is InChI=1S/C17H19FN4O6S/c1-20(2)29(26,27)21(15-7-5-4-6-13(15)18)11-17(23)19-14-10-12(22(24)25)8-9-16(14)28-3/h4-10H,11H2,1-3H3,(H,19,23). The fourth-order valence-corrected chi connectivity index (χ4v) is 3.44. The molecule has 156 valence electrons. The lowest BCUT2D eigenvalue weighted by Crippen LogP contribution is -2.44. The van der Waals surface area contributed by atoms with Crippen molar-refractivity contribution in [2.75, 3.05) is 37.4 Å². The van der Waals surface area contributed by atoms with Crippen LogP contribution in [0.2, 0.25) is 0 Å². The van der Waals surface area contributed by atoms with Crippen molar-refractivity contribution in [1.82, 2.24) is 4.31 Å². The number of anilines is 2. The molecule has 0 aliphatic rings. The Balaban J connectivity index is 2.38. The number of carbonyl (C=O) groups is 1. The Morgan fingerprint density at radius 1 is 1.24 bits per heavy atom. The number of amides is 1. The number of methoxy groups -OCH3 is 1. The smallest absolute Gasteiger partial charge is 0.304 e. The van der Waals surface area contributed by atoms with E-state index in [2.05, 4.69) is 5.32 Å². The molecule has 0 fully saturated rings. The highest BCUT2D eigenvalue weighted by atomic mass is 32.2. The van der Waals surface area contributed by atoms with Gasteiger partial charge in [0.25, 0.3) is 5.69 Å². The fraction of sp³-hybridized carbons (Fsp3) is 0.235. The Morgan fingerprint density at radius 2 is 1.90 bits per heavy atom. The lowest BCUT2D eigenvalue weighted by atomic mass is 10.2. The molecular weight excluding hydrogens is 407 g/mol. The minimum atomic E-state index is -4.21. The van der Waals surface area contributed by atoms with Crippen LogP contribution in [-0.2, 0) is 15.0 Å². The van der Waals surface area contributed by atoms with Gasteiger partial charge >= 0.3 is 10.2 Å². The van der Waals surface area contributed by atoms with Gasteiger partial charge in [-0.15, -0.1) is 0 Å². The van der Waals surface area contributed by atoms with Gasteiger partial charge in [-0.1, -0.05) is 12.1 Å². The van der Waals surface area contributed by atoms with E-state index in [1.54, 1.807) is 0 Å². The predicted octanol–water partition coefficient (Wildman–Crippen LogP) is 1.99. The zero-order chi connectivity index (χ0) is 21.8. The number of rotatable bonds is 8. The zero-order valence-corrected chi connectivity index (χ0v) is 16.6. The molecule has 0 saturated heterocycles. The number of carbonyl (C=O) groups excluding carboxylic acids is 1. The van der Waals surface area contributed by atoms with Crippen LogP contribution in [-0.4, -0.2) is 51.3 Å². The van der Waals surface area contributed by atoms with Gasteiger partial charge in [0.2, 0.25) is 5.91 Å². The summed E-state index contributed by atoms with van der Waals surface area (Å²) in [5.74, 6) is -1.55. The van der Waals surface area contributed by atoms with Crippen LogP contribution >= 0.6 is 0 Å². The second kappa shape index (κ2) is 8.84. The Kier molecular flexibility index (Phi) is 6.72. The average Bonchev–Trinajstić information content (AvgIpc) is 2.66. The van der Waals surface area contributed by atoms with Gasteiger partial charge in [0.15, 0.2) is 0 Å². The number of non-ortho nitro benzene ring substituents is 1. The topological polar surface area (TPSA) is 122 Å². The molecule has 0 spiro atoms. The summed E-state index contributed by atoms with van der Waals surface area (Å²) in [6, 6.07) is 8.65. The van der Waals surface area contributed by atoms with E-state index in [4.69, 9.17) is 4.74 Å². The molecule has 2 rings (SSSR count). The van der Waals surface area contributed by atoms with E-state index >= 15 is 0 Å². The monoisotopic (exact) mass is 426 g/mol. The molecule has 0 unspecified atom stereocenters. The number of hydrogen-bond acceptors (Lipinski definition) is 6. The Morgan fingerprint density at radius 3 is 2.45 bits per heavy atom. The van der Waals surface area contributed by atoms with Gasteiger partial charge < -0.3 is 10.1 Å². The van der Waals surface area contributed by atoms with Crippen molar-refractivity contribution in [1.29, 1.82) is 0 Å². The Labute approximate surface area is 166 Å². The summed E-state index contributed by atoms with van der Waals surface area (Å²) < 4.78 is 46.0. The van der Waals surface area contributed by atoms with Crippen LogP contribution < -0.4 is 14.4 Å². The van der Waals surface area contributed by atoms with Gasteiger partial charge in [-0.05, 0) is 18.2 Å². The Hall–Kier alpha value is -3.25. The summed E-state index contributed by atoms with van der Waals surface area (Å²) in [6.45, 7) is -0.771. The molecule has 0 heterocycles. The molecule has 29 heavy (non-hydrogen) atoms. The first-order valence-electron chi connectivity index (χ1n) is 8.15. The van der Waals surface area contributed by atoms with Crippen molar-refractivity contribution in [2.45, 2.75) is 0 Å². The predicted molar refractivity (Wildman–Crippen MR) is 105 cm³/mol. The highest BCUT2D eigenvalue weighted by Crippen LogP contribution is 2.29. The van der Waals surface area contributed by atoms with E-state index in [0.717, 1.165) is 16.4 Å². The maximum atomic E-state index is 14.2. The lowest BCUT2D eigenvalue weighted by Gasteiger charge is -2.27. The Bertz CT molecular complexity index is 1030. The maximum Gasteiger partial charge on any atom is 0.304 e. The molecule has 0 aliphatic carbocycles. The van der Waals surface area contributed by atoms with Crippen molar-refractivity contribution < 1.29 is 27.3 Å². The fourth-order valence-electron chi connectivity index (χ4n) is 2.37. The molecule has 0 bridgehead atoms. The summed E-state index contributed by atoms with van der Waals surface area (Å²) in [4.78, 5) is 22.8. The quantitative estimate of drug-likeness (QED) is 0.509. The van der Waals surface area contributed by atoms with Gasteiger partial charge in [0, 0.05) is 26.2 Å². The first-order valence-corrected chi connectivity index (χ1v) is 9.54. The number of nitrogens with zero attached hydrogens (tertiary/aromatic N) is 3. The SMILES string of the molecule is COc1ccc([N+](=O)[O-])cc1NC(=O)CN(c1ccccc1F)S(=O)(=O)N(C)C. The minimum Gasteiger partial charge on any atom is -0.495 e. The van der Waals surface area contributed by atoms with E-state index in [1.807, 2.05) is 0 Å². The lowest BCUT2D eigenvalue weighted by molar-refractivity contribution is -0.384. The number of halogens is 1. The van der Waals surface area contributed by atoms with Gasteiger partial charge in [-0.25, -0.2) is 8.70 Å². The molecule has 2 aromatic rings. The summed E-state index contributed by atoms with van der Waals surface area (Å²) in [7, 11) is -0.427. The van der Waals surface area contributed by atoms with Crippen LogP contribution in [0.25, 0.3) is 0 Å².